The van der Waals surface area contributed by atoms with Crippen molar-refractivity contribution in [2.45, 2.75) is 70.9 Å². The molecule has 0 unspecified atom stereocenters. The van der Waals surface area contributed by atoms with Gasteiger partial charge in [-0.3, -0.25) is 0 Å². The van der Waals surface area contributed by atoms with E-state index < -0.39 is 8.32 Å². The molecule has 0 heterocycles. The summed E-state index contributed by atoms with van der Waals surface area (Å²) in [6.07, 6.45) is 5.88. The van der Waals surface area contributed by atoms with Crippen LogP contribution in [0.2, 0.25) is 18.1 Å². The van der Waals surface area contributed by atoms with Crippen molar-refractivity contribution in [3.63, 3.8) is 0 Å². The second-order valence-electron chi connectivity index (χ2n) is 6.77. The average molecular weight is 256 g/mol. The molecule has 1 rings (SSSR count). The van der Waals surface area contributed by atoms with Crippen molar-refractivity contribution >= 4 is 8.32 Å². The highest BCUT2D eigenvalue weighted by Crippen LogP contribution is 2.39. The van der Waals surface area contributed by atoms with E-state index in [2.05, 4.69) is 46.9 Å². The van der Waals surface area contributed by atoms with Crippen LogP contribution in [0, 0.1) is 5.92 Å². The van der Waals surface area contributed by atoms with Gasteiger partial charge in [0, 0.05) is 5.92 Å². The molecular formula is C14H28O2Si. The van der Waals surface area contributed by atoms with Gasteiger partial charge in [0.05, 0.1) is 12.2 Å². The molecule has 0 amide bonds. The van der Waals surface area contributed by atoms with Crippen LogP contribution in [0.15, 0.2) is 12.2 Å². The lowest BCUT2D eigenvalue weighted by Gasteiger charge is -2.41. The molecule has 0 fully saturated rings. The van der Waals surface area contributed by atoms with Crippen LogP contribution in [0.25, 0.3) is 0 Å². The van der Waals surface area contributed by atoms with Crippen LogP contribution in [0.4, 0.5) is 0 Å². The predicted octanol–water partition coefficient (Wildman–Crippen LogP) is 3.72. The summed E-state index contributed by atoms with van der Waals surface area (Å²) >= 11 is 0. The molecule has 17 heavy (non-hydrogen) atoms. The topological polar surface area (TPSA) is 29.5 Å². The van der Waals surface area contributed by atoms with Gasteiger partial charge in [-0.25, -0.2) is 0 Å². The number of rotatable bonds is 2. The van der Waals surface area contributed by atoms with Crippen LogP contribution in [-0.2, 0) is 4.43 Å². The second-order valence-corrected chi connectivity index (χ2v) is 11.5. The number of hydrogen-bond acceptors (Lipinski definition) is 2. The Labute approximate surface area is 107 Å². The Morgan fingerprint density at radius 3 is 2.41 bits per heavy atom. The maximum absolute atomic E-state index is 9.98. The number of aliphatic hydroxyl groups is 1. The van der Waals surface area contributed by atoms with E-state index in [0.717, 1.165) is 12.8 Å². The molecule has 0 aromatic carbocycles. The van der Waals surface area contributed by atoms with Gasteiger partial charge in [-0.05, 0) is 31.0 Å². The fraction of sp³-hybridized carbons (Fsp3) is 0.857. The standard InChI is InChI=1S/C14H28O2Si/c1-11-12(15)9-7-8-10-13(11)16-17(5,6)14(2,3)4/h7,9,11-13,15H,8,10H2,1-6H3/t11-,12-,13-/m0/s1. The van der Waals surface area contributed by atoms with Gasteiger partial charge in [0.1, 0.15) is 0 Å². The van der Waals surface area contributed by atoms with Crippen molar-refractivity contribution in [3.05, 3.63) is 12.2 Å². The summed E-state index contributed by atoms with van der Waals surface area (Å²) in [6.45, 7) is 13.4. The smallest absolute Gasteiger partial charge is 0.192 e. The van der Waals surface area contributed by atoms with Gasteiger partial charge >= 0.3 is 0 Å². The van der Waals surface area contributed by atoms with E-state index in [1.165, 1.54) is 0 Å². The Hall–Kier alpha value is -0.123. The van der Waals surface area contributed by atoms with Crippen LogP contribution < -0.4 is 0 Å². The van der Waals surface area contributed by atoms with Gasteiger partial charge in [-0.15, -0.1) is 0 Å². The summed E-state index contributed by atoms with van der Waals surface area (Å²) in [4.78, 5) is 0. The summed E-state index contributed by atoms with van der Waals surface area (Å²) in [6, 6.07) is 0. The maximum atomic E-state index is 9.98. The van der Waals surface area contributed by atoms with Crippen LogP contribution in [0.3, 0.4) is 0 Å². The van der Waals surface area contributed by atoms with Crippen molar-refractivity contribution in [2.24, 2.45) is 5.92 Å². The molecule has 0 saturated carbocycles. The van der Waals surface area contributed by atoms with Crippen LogP contribution >= 0.6 is 0 Å². The Morgan fingerprint density at radius 1 is 1.29 bits per heavy atom. The summed E-state index contributed by atoms with van der Waals surface area (Å²) < 4.78 is 6.44. The molecule has 0 aromatic heterocycles. The first-order valence-corrected chi connectivity index (χ1v) is 9.58. The predicted molar refractivity (Wildman–Crippen MR) is 75.6 cm³/mol. The first-order chi connectivity index (χ1) is 7.65. The van der Waals surface area contributed by atoms with E-state index in [0.29, 0.717) is 0 Å². The minimum Gasteiger partial charge on any atom is -0.414 e. The fourth-order valence-corrected chi connectivity index (χ4v) is 3.32. The van der Waals surface area contributed by atoms with Gasteiger partial charge in [-0.1, -0.05) is 39.8 Å². The van der Waals surface area contributed by atoms with E-state index in [1.807, 2.05) is 6.08 Å². The van der Waals surface area contributed by atoms with Gasteiger partial charge in [0.15, 0.2) is 8.32 Å². The fourth-order valence-electron chi connectivity index (χ4n) is 1.88. The molecule has 1 aliphatic rings. The summed E-state index contributed by atoms with van der Waals surface area (Å²) in [5.41, 5.74) is 0. The van der Waals surface area contributed by atoms with E-state index in [4.69, 9.17) is 4.43 Å². The molecular weight excluding hydrogens is 228 g/mol. The van der Waals surface area contributed by atoms with Gasteiger partial charge in [-0.2, -0.15) is 0 Å². The highest BCUT2D eigenvalue weighted by Gasteiger charge is 2.40. The maximum Gasteiger partial charge on any atom is 0.192 e. The molecule has 0 aliphatic heterocycles. The third-order valence-electron chi connectivity index (χ3n) is 4.33. The Kier molecular flexibility index (Phi) is 4.61. The third-order valence-corrected chi connectivity index (χ3v) is 8.83. The largest absolute Gasteiger partial charge is 0.414 e. The molecule has 1 aliphatic carbocycles. The van der Waals surface area contributed by atoms with Crippen LogP contribution in [0.5, 0.6) is 0 Å². The lowest BCUT2D eigenvalue weighted by atomic mass is 9.98. The minimum absolute atomic E-state index is 0.195. The highest BCUT2D eigenvalue weighted by molar-refractivity contribution is 6.74. The lowest BCUT2D eigenvalue weighted by molar-refractivity contribution is 0.0517. The monoisotopic (exact) mass is 256 g/mol. The van der Waals surface area contributed by atoms with E-state index in [-0.39, 0.29) is 23.2 Å². The average Bonchev–Trinajstić information content (AvgIpc) is 2.31. The van der Waals surface area contributed by atoms with E-state index in [1.54, 1.807) is 0 Å². The summed E-state index contributed by atoms with van der Waals surface area (Å²) in [5, 5.41) is 10.2. The minimum atomic E-state index is -1.72. The Bertz CT molecular complexity index is 278. The molecule has 2 nitrogen and oxygen atoms in total. The van der Waals surface area contributed by atoms with E-state index in [9.17, 15) is 5.11 Å². The first kappa shape index (κ1) is 14.9. The Balaban J connectivity index is 2.74. The summed E-state index contributed by atoms with van der Waals surface area (Å²) in [5.74, 6) is 0.197. The quantitative estimate of drug-likeness (QED) is 0.602. The van der Waals surface area contributed by atoms with Gasteiger partial charge in [0.25, 0.3) is 0 Å². The van der Waals surface area contributed by atoms with Crippen LogP contribution in [-0.4, -0.2) is 25.6 Å². The van der Waals surface area contributed by atoms with Gasteiger partial charge in [0.2, 0.25) is 0 Å². The highest BCUT2D eigenvalue weighted by atomic mass is 28.4. The van der Waals surface area contributed by atoms with Crippen molar-refractivity contribution in [3.8, 4) is 0 Å². The number of hydrogen-bond donors (Lipinski definition) is 1. The zero-order chi connectivity index (χ0) is 13.3. The summed E-state index contributed by atoms with van der Waals surface area (Å²) in [7, 11) is -1.72. The first-order valence-electron chi connectivity index (χ1n) is 6.68. The number of aliphatic hydroxyl groups excluding tert-OH is 1. The third kappa shape index (κ3) is 3.67. The molecule has 100 valence electrons. The SMILES string of the molecule is C[C@@H]1[C@@H](O[Si](C)(C)C(C)(C)C)CCC=C[C@@H]1O. The van der Waals surface area contributed by atoms with Gasteiger partial charge < -0.3 is 9.53 Å². The lowest BCUT2D eigenvalue weighted by Crippen LogP contribution is -2.46. The van der Waals surface area contributed by atoms with Crippen molar-refractivity contribution in [2.75, 3.05) is 0 Å². The Morgan fingerprint density at radius 2 is 1.88 bits per heavy atom. The zero-order valence-corrected chi connectivity index (χ0v) is 13.2. The molecule has 3 atom stereocenters. The molecule has 0 spiro atoms. The molecule has 1 N–H and O–H groups in total. The van der Waals surface area contributed by atoms with Crippen molar-refractivity contribution in [1.82, 2.24) is 0 Å². The van der Waals surface area contributed by atoms with Crippen molar-refractivity contribution < 1.29 is 9.53 Å². The molecule has 0 saturated heterocycles. The zero-order valence-electron chi connectivity index (χ0n) is 12.2. The van der Waals surface area contributed by atoms with Crippen LogP contribution in [0.1, 0.15) is 40.5 Å². The molecule has 3 heteroatoms. The molecule has 0 bridgehead atoms. The second kappa shape index (κ2) is 5.25. The number of allylic oxidation sites excluding steroid dienone is 1. The van der Waals surface area contributed by atoms with E-state index >= 15 is 0 Å². The molecule has 0 aromatic rings. The van der Waals surface area contributed by atoms with Crippen molar-refractivity contribution in [1.29, 1.82) is 0 Å². The molecule has 0 radical (unpaired) electrons. The normalized spacial score (nSPS) is 31.4.